The van der Waals surface area contributed by atoms with E-state index in [1.807, 2.05) is 6.07 Å². The Kier molecular flexibility index (Phi) is 6.71. The number of hydrogen-bond acceptors (Lipinski definition) is 1. The summed E-state index contributed by atoms with van der Waals surface area (Å²) in [6, 6.07) is 8.43. The van der Waals surface area contributed by atoms with Gasteiger partial charge in [0.15, 0.2) is 0 Å². The van der Waals surface area contributed by atoms with Crippen molar-refractivity contribution in [3.8, 4) is 5.75 Å². The Morgan fingerprint density at radius 3 is 2.81 bits per heavy atom. The van der Waals surface area contributed by atoms with Crippen molar-refractivity contribution in [1.29, 1.82) is 0 Å². The number of benzene rings is 1. The minimum atomic E-state index is 0.840. The van der Waals surface area contributed by atoms with E-state index in [4.69, 9.17) is 4.74 Å². The number of ether oxygens (including phenoxy) is 1. The number of aryl methyl sites for hydroxylation is 1. The highest BCUT2D eigenvalue weighted by Crippen LogP contribution is 2.15. The average Bonchev–Trinajstić information content (AvgIpc) is 2.33. The summed E-state index contributed by atoms with van der Waals surface area (Å²) in [6.45, 7) is 6.91. The summed E-state index contributed by atoms with van der Waals surface area (Å²) in [5.74, 6) is 1.01. The first kappa shape index (κ1) is 13.1. The normalized spacial score (nSPS) is 10.4. The van der Waals surface area contributed by atoms with Crippen molar-refractivity contribution in [1.82, 2.24) is 0 Å². The molecule has 1 radical (unpaired) electrons. The molecular formula is C15H23O. The molecule has 0 amide bonds. The Labute approximate surface area is 99.8 Å². The monoisotopic (exact) mass is 219 g/mol. The van der Waals surface area contributed by atoms with Crippen molar-refractivity contribution in [2.75, 3.05) is 6.61 Å². The smallest absolute Gasteiger partial charge is 0.119 e. The van der Waals surface area contributed by atoms with Crippen LogP contribution >= 0.6 is 0 Å². The quantitative estimate of drug-likeness (QED) is 0.588. The molecule has 16 heavy (non-hydrogen) atoms. The predicted octanol–water partition coefficient (Wildman–Crippen LogP) is 4.41. The van der Waals surface area contributed by atoms with E-state index in [-0.39, 0.29) is 0 Å². The average molecular weight is 219 g/mol. The van der Waals surface area contributed by atoms with Crippen LogP contribution in [0.15, 0.2) is 24.3 Å². The largest absolute Gasteiger partial charge is 0.494 e. The summed E-state index contributed by atoms with van der Waals surface area (Å²) in [5, 5.41) is 0. The van der Waals surface area contributed by atoms with E-state index in [0.717, 1.165) is 38.0 Å². The van der Waals surface area contributed by atoms with E-state index in [2.05, 4.69) is 32.0 Å². The topological polar surface area (TPSA) is 9.23 Å². The fourth-order valence-electron chi connectivity index (χ4n) is 1.66. The van der Waals surface area contributed by atoms with Crippen molar-refractivity contribution >= 4 is 0 Å². The first-order valence-corrected chi connectivity index (χ1v) is 6.37. The van der Waals surface area contributed by atoms with Gasteiger partial charge in [-0.25, -0.2) is 0 Å². The third kappa shape index (κ3) is 5.20. The van der Waals surface area contributed by atoms with Crippen LogP contribution in [0.5, 0.6) is 5.75 Å². The zero-order valence-electron chi connectivity index (χ0n) is 10.4. The van der Waals surface area contributed by atoms with Crippen molar-refractivity contribution in [2.24, 2.45) is 0 Å². The highest BCUT2D eigenvalue weighted by atomic mass is 16.5. The molecular weight excluding hydrogens is 196 g/mol. The van der Waals surface area contributed by atoms with Crippen LogP contribution in [0.4, 0.5) is 0 Å². The van der Waals surface area contributed by atoms with Crippen molar-refractivity contribution in [2.45, 2.75) is 45.4 Å². The van der Waals surface area contributed by atoms with Gasteiger partial charge >= 0.3 is 0 Å². The molecule has 89 valence electrons. The van der Waals surface area contributed by atoms with Gasteiger partial charge in [-0.15, -0.1) is 0 Å². The van der Waals surface area contributed by atoms with Gasteiger partial charge in [0.25, 0.3) is 0 Å². The van der Waals surface area contributed by atoms with Crippen LogP contribution in [0.1, 0.15) is 44.6 Å². The van der Waals surface area contributed by atoms with E-state index < -0.39 is 0 Å². The molecule has 1 aromatic carbocycles. The van der Waals surface area contributed by atoms with Gasteiger partial charge in [0, 0.05) is 0 Å². The molecule has 0 saturated heterocycles. The fraction of sp³-hybridized carbons (Fsp3) is 0.533. The van der Waals surface area contributed by atoms with Gasteiger partial charge < -0.3 is 4.74 Å². The maximum Gasteiger partial charge on any atom is 0.119 e. The van der Waals surface area contributed by atoms with E-state index >= 15 is 0 Å². The molecule has 0 unspecified atom stereocenters. The molecule has 0 aliphatic carbocycles. The van der Waals surface area contributed by atoms with Gasteiger partial charge in [-0.05, 0) is 37.0 Å². The molecule has 0 bridgehead atoms. The lowest BCUT2D eigenvalue weighted by Gasteiger charge is -2.07. The van der Waals surface area contributed by atoms with E-state index in [9.17, 15) is 0 Å². The molecule has 0 atom stereocenters. The molecule has 1 rings (SSSR count). The molecule has 1 aromatic rings. The lowest BCUT2D eigenvalue weighted by atomic mass is 10.1. The van der Waals surface area contributed by atoms with Gasteiger partial charge in [-0.1, -0.05) is 45.2 Å². The maximum absolute atomic E-state index is 5.71. The van der Waals surface area contributed by atoms with Crippen molar-refractivity contribution < 1.29 is 4.74 Å². The number of unbranched alkanes of at least 4 members (excludes halogenated alkanes) is 3. The number of hydrogen-bond donors (Lipinski definition) is 0. The molecule has 1 nitrogen and oxygen atoms in total. The van der Waals surface area contributed by atoms with Gasteiger partial charge in [0.05, 0.1) is 6.61 Å². The van der Waals surface area contributed by atoms with Crippen LogP contribution in [0, 0.1) is 6.92 Å². The SMILES string of the molecule is [CH2]CCCc1cccc(OCCCCC)c1. The van der Waals surface area contributed by atoms with Crippen LogP contribution in [0.2, 0.25) is 0 Å². The van der Waals surface area contributed by atoms with Crippen LogP contribution in [-0.2, 0) is 6.42 Å². The third-order valence-electron chi connectivity index (χ3n) is 2.63. The summed E-state index contributed by atoms with van der Waals surface area (Å²) in [5.41, 5.74) is 1.36. The first-order valence-electron chi connectivity index (χ1n) is 6.37. The van der Waals surface area contributed by atoms with Gasteiger partial charge in [0.2, 0.25) is 0 Å². The highest BCUT2D eigenvalue weighted by Gasteiger charge is 1.96. The summed E-state index contributed by atoms with van der Waals surface area (Å²) in [6.07, 6.45) is 6.91. The summed E-state index contributed by atoms with van der Waals surface area (Å²) in [7, 11) is 0. The Hall–Kier alpha value is -0.980. The second-order valence-electron chi connectivity index (χ2n) is 4.16. The molecule has 0 N–H and O–H groups in total. The minimum Gasteiger partial charge on any atom is -0.494 e. The van der Waals surface area contributed by atoms with E-state index in [0.29, 0.717) is 0 Å². The molecule has 0 aliphatic rings. The fourth-order valence-corrected chi connectivity index (χ4v) is 1.66. The Morgan fingerprint density at radius 2 is 2.06 bits per heavy atom. The second kappa shape index (κ2) is 8.20. The van der Waals surface area contributed by atoms with Crippen LogP contribution in [0.25, 0.3) is 0 Å². The van der Waals surface area contributed by atoms with Gasteiger partial charge in [-0.2, -0.15) is 0 Å². The lowest BCUT2D eigenvalue weighted by molar-refractivity contribution is 0.306. The van der Waals surface area contributed by atoms with E-state index in [1.54, 1.807) is 0 Å². The molecule has 0 spiro atoms. The number of rotatable bonds is 8. The van der Waals surface area contributed by atoms with Gasteiger partial charge in [-0.3, -0.25) is 0 Å². The highest BCUT2D eigenvalue weighted by molar-refractivity contribution is 5.28. The standard InChI is InChI=1S/C15H23O/c1-3-5-7-12-16-15-11-8-10-14(13-15)9-6-4-2/h8,10-11,13H,2-7,9,12H2,1H3. The van der Waals surface area contributed by atoms with Gasteiger partial charge in [0.1, 0.15) is 5.75 Å². The molecule has 0 fully saturated rings. The second-order valence-corrected chi connectivity index (χ2v) is 4.16. The maximum atomic E-state index is 5.71. The van der Waals surface area contributed by atoms with Crippen LogP contribution in [-0.4, -0.2) is 6.61 Å². The molecule has 0 saturated carbocycles. The lowest BCUT2D eigenvalue weighted by Crippen LogP contribution is -1.97. The summed E-state index contributed by atoms with van der Waals surface area (Å²) < 4.78 is 5.71. The zero-order chi connectivity index (χ0) is 11.6. The first-order chi connectivity index (χ1) is 7.86. The summed E-state index contributed by atoms with van der Waals surface area (Å²) >= 11 is 0. The minimum absolute atomic E-state index is 0.840. The molecule has 1 heteroatoms. The van der Waals surface area contributed by atoms with Crippen molar-refractivity contribution in [3.63, 3.8) is 0 Å². The molecule has 0 aliphatic heterocycles. The Bertz CT molecular complexity index is 281. The Balaban J connectivity index is 2.35. The van der Waals surface area contributed by atoms with Crippen LogP contribution in [0.3, 0.4) is 0 Å². The third-order valence-corrected chi connectivity index (χ3v) is 2.63. The predicted molar refractivity (Wildman–Crippen MR) is 69.8 cm³/mol. The molecule has 0 aromatic heterocycles. The Morgan fingerprint density at radius 1 is 1.19 bits per heavy atom. The van der Waals surface area contributed by atoms with Crippen LogP contribution < -0.4 is 4.74 Å². The molecule has 0 heterocycles. The zero-order valence-corrected chi connectivity index (χ0v) is 10.4. The summed E-state index contributed by atoms with van der Waals surface area (Å²) in [4.78, 5) is 0. The van der Waals surface area contributed by atoms with Crippen molar-refractivity contribution in [3.05, 3.63) is 36.8 Å². The van der Waals surface area contributed by atoms with E-state index in [1.165, 1.54) is 18.4 Å².